The van der Waals surface area contributed by atoms with Crippen molar-refractivity contribution in [3.63, 3.8) is 0 Å². The van der Waals surface area contributed by atoms with Gasteiger partial charge in [0.1, 0.15) is 29.6 Å². The first kappa shape index (κ1) is 47.5. The summed E-state index contributed by atoms with van der Waals surface area (Å²) in [6, 6.07) is 18.1. The predicted octanol–water partition coefficient (Wildman–Crippen LogP) is 4.02. The summed E-state index contributed by atoms with van der Waals surface area (Å²) in [6.07, 6.45) is 7.47. The van der Waals surface area contributed by atoms with Crippen LogP contribution < -0.4 is 16.6 Å². The fourth-order valence-electron chi connectivity index (χ4n) is 5.10. The van der Waals surface area contributed by atoms with Crippen molar-refractivity contribution >= 4 is 36.1 Å². The fraction of sp³-hybridized carbons (Fsp3) is 0.450. The summed E-state index contributed by atoms with van der Waals surface area (Å²) in [7, 11) is -1.34. The van der Waals surface area contributed by atoms with E-state index in [-0.39, 0.29) is 42.6 Å². The summed E-state index contributed by atoms with van der Waals surface area (Å²) in [4.78, 5) is 57.0. The third kappa shape index (κ3) is 17.4. The molecule has 0 atom stereocenters. The summed E-state index contributed by atoms with van der Waals surface area (Å²) in [5.74, 6) is -0.921. The first-order chi connectivity index (χ1) is 27.1. The Morgan fingerprint density at radius 3 is 1.59 bits per heavy atom. The van der Waals surface area contributed by atoms with Crippen LogP contribution in [0.25, 0.3) is 11.3 Å². The smallest absolute Gasteiger partial charge is 0.465 e. The van der Waals surface area contributed by atoms with Crippen molar-refractivity contribution in [2.24, 2.45) is 0 Å². The molecule has 2 heterocycles. The molecular formula is C40H54BClN4O10. The van der Waals surface area contributed by atoms with E-state index in [0.717, 1.165) is 31.2 Å². The van der Waals surface area contributed by atoms with Crippen LogP contribution in [0.2, 0.25) is 5.15 Å². The summed E-state index contributed by atoms with van der Waals surface area (Å²) < 4.78 is 23.0. The molecule has 14 nitrogen and oxygen atoms in total. The Balaban J connectivity index is 0.000000321. The van der Waals surface area contributed by atoms with Gasteiger partial charge >= 0.3 is 19.1 Å². The van der Waals surface area contributed by atoms with Gasteiger partial charge in [-0.15, -0.1) is 0 Å². The van der Waals surface area contributed by atoms with Gasteiger partial charge in [0.25, 0.3) is 11.1 Å². The Kier molecular flexibility index (Phi) is 23.6. The molecule has 2 N–H and O–H groups in total. The van der Waals surface area contributed by atoms with Gasteiger partial charge < -0.3 is 29.0 Å². The molecule has 0 bridgehead atoms. The standard InChI is InChI=1S/C20H26N2O4.C14H21ClN2O4.C6H7BO2/c1-3-25-13-9-8-12-17-20(24)22(15-19(23)26-4-2)18(14-21-17)16-10-6-5-7-11-16;1-3-20-8-6-5-7-11-14(19)17(12(15)9-16-11)10-13(18)21-4-2;8-7(9)6-4-2-1-3-5-6/h5-7,10-11,14H,3-4,8-9,12-13,15H2,1-2H3;9H,3-8,10H2,1-2H3;1-5,8-9H. The van der Waals surface area contributed by atoms with Crippen LogP contribution in [0.5, 0.6) is 0 Å². The molecule has 4 aromatic rings. The number of aryl methyl sites for hydroxylation is 2. The summed E-state index contributed by atoms with van der Waals surface area (Å²) >= 11 is 5.92. The molecule has 0 saturated carbocycles. The highest BCUT2D eigenvalue weighted by molar-refractivity contribution is 6.58. The Morgan fingerprint density at radius 1 is 0.661 bits per heavy atom. The van der Waals surface area contributed by atoms with Crippen LogP contribution in [0.3, 0.4) is 0 Å². The number of aromatic nitrogens is 4. The van der Waals surface area contributed by atoms with Crippen molar-refractivity contribution in [1.29, 1.82) is 0 Å². The second kappa shape index (κ2) is 27.8. The lowest BCUT2D eigenvalue weighted by Gasteiger charge is -2.14. The van der Waals surface area contributed by atoms with Crippen LogP contribution in [0.1, 0.15) is 64.8 Å². The highest BCUT2D eigenvalue weighted by Crippen LogP contribution is 2.17. The molecule has 2 aromatic heterocycles. The normalized spacial score (nSPS) is 10.4. The first-order valence-electron chi connectivity index (χ1n) is 18.8. The maximum atomic E-state index is 12.9. The number of esters is 2. The van der Waals surface area contributed by atoms with E-state index in [2.05, 4.69) is 9.97 Å². The van der Waals surface area contributed by atoms with Gasteiger partial charge in [-0.3, -0.25) is 38.3 Å². The number of hydrogen-bond donors (Lipinski definition) is 2. The molecule has 0 aliphatic rings. The van der Waals surface area contributed by atoms with Gasteiger partial charge in [-0.2, -0.15) is 0 Å². The lowest BCUT2D eigenvalue weighted by Crippen LogP contribution is -2.30. The van der Waals surface area contributed by atoms with Crippen LogP contribution in [-0.4, -0.2) is 87.8 Å². The van der Waals surface area contributed by atoms with Gasteiger partial charge in [0.05, 0.1) is 31.3 Å². The minimum absolute atomic E-state index is 0.120. The minimum atomic E-state index is -1.34. The van der Waals surface area contributed by atoms with Crippen LogP contribution in [-0.2, 0) is 54.5 Å². The lowest BCUT2D eigenvalue weighted by atomic mass is 9.81. The van der Waals surface area contributed by atoms with E-state index in [1.807, 2.05) is 50.2 Å². The monoisotopic (exact) mass is 796 g/mol. The van der Waals surface area contributed by atoms with E-state index < -0.39 is 19.1 Å². The second-order valence-corrected chi connectivity index (χ2v) is 12.4. The van der Waals surface area contributed by atoms with Crippen molar-refractivity contribution in [3.8, 4) is 11.3 Å². The number of hydrogen-bond acceptors (Lipinski definition) is 12. The zero-order chi connectivity index (χ0) is 41.1. The maximum absolute atomic E-state index is 12.9. The Labute approximate surface area is 333 Å². The molecule has 0 amide bonds. The molecule has 0 unspecified atom stereocenters. The molecule has 56 heavy (non-hydrogen) atoms. The van der Waals surface area contributed by atoms with Gasteiger partial charge in [-0.25, -0.2) is 0 Å². The first-order valence-corrected chi connectivity index (χ1v) is 19.2. The molecule has 0 radical (unpaired) electrons. The van der Waals surface area contributed by atoms with Crippen molar-refractivity contribution in [3.05, 3.63) is 110 Å². The molecule has 0 aliphatic heterocycles. The topological polar surface area (TPSA) is 181 Å². The number of benzene rings is 2. The molecule has 0 spiro atoms. The lowest BCUT2D eigenvalue weighted by molar-refractivity contribution is -0.144. The van der Waals surface area contributed by atoms with E-state index in [1.54, 1.807) is 44.3 Å². The Morgan fingerprint density at radius 2 is 1.12 bits per heavy atom. The molecular weight excluding hydrogens is 743 g/mol. The van der Waals surface area contributed by atoms with Gasteiger partial charge in [0.15, 0.2) is 0 Å². The van der Waals surface area contributed by atoms with Crippen molar-refractivity contribution < 1.29 is 38.6 Å². The zero-order valence-corrected chi connectivity index (χ0v) is 33.5. The summed E-state index contributed by atoms with van der Waals surface area (Å²) in [5.41, 5.74) is 2.26. The Bertz CT molecular complexity index is 1840. The second-order valence-electron chi connectivity index (χ2n) is 12.0. The number of carbonyl (C=O) groups is 2. The average molecular weight is 797 g/mol. The molecule has 0 saturated heterocycles. The SMILES string of the molecule is CCOCCCCc1ncc(-c2ccccc2)n(CC(=O)OCC)c1=O.CCOCCCCc1ncc(Cl)n(CC(=O)OCC)c1=O.OB(O)c1ccccc1. The largest absolute Gasteiger partial charge is 0.488 e. The highest BCUT2D eigenvalue weighted by atomic mass is 35.5. The predicted molar refractivity (Wildman–Crippen MR) is 216 cm³/mol. The molecule has 4 rings (SSSR count). The number of nitrogens with zero attached hydrogens (tertiary/aromatic N) is 4. The number of rotatable bonds is 20. The van der Waals surface area contributed by atoms with Crippen molar-refractivity contribution in [2.45, 2.75) is 79.3 Å². The van der Waals surface area contributed by atoms with Gasteiger partial charge in [-0.1, -0.05) is 72.3 Å². The fourth-order valence-corrected chi connectivity index (χ4v) is 5.29. The highest BCUT2D eigenvalue weighted by Gasteiger charge is 2.16. The zero-order valence-electron chi connectivity index (χ0n) is 32.7. The number of unbranched alkanes of at least 4 members (excludes halogenated alkanes) is 2. The third-order valence-electron chi connectivity index (χ3n) is 7.87. The quantitative estimate of drug-likeness (QED) is 0.0747. The van der Waals surface area contributed by atoms with Crippen molar-refractivity contribution in [1.82, 2.24) is 19.1 Å². The van der Waals surface area contributed by atoms with Crippen molar-refractivity contribution in [2.75, 3.05) is 39.6 Å². The van der Waals surface area contributed by atoms with E-state index in [9.17, 15) is 19.2 Å². The van der Waals surface area contributed by atoms with Crippen LogP contribution in [0.15, 0.2) is 82.6 Å². The molecule has 2 aromatic carbocycles. The van der Waals surface area contributed by atoms with Gasteiger partial charge in [-0.05, 0) is 77.2 Å². The van der Waals surface area contributed by atoms with E-state index >= 15 is 0 Å². The van der Waals surface area contributed by atoms with Gasteiger partial charge in [0.2, 0.25) is 0 Å². The maximum Gasteiger partial charge on any atom is 0.488 e. The third-order valence-corrected chi connectivity index (χ3v) is 8.17. The minimum Gasteiger partial charge on any atom is -0.465 e. The molecule has 0 fully saturated rings. The Hall–Kier alpha value is -4.67. The summed E-state index contributed by atoms with van der Waals surface area (Å²) in [6.45, 7) is 10.3. The number of halogens is 1. The average Bonchev–Trinajstić information content (AvgIpc) is 3.20. The van der Waals surface area contributed by atoms with Crippen LogP contribution in [0, 0.1) is 0 Å². The molecule has 0 aliphatic carbocycles. The number of ether oxygens (including phenoxy) is 4. The van der Waals surface area contributed by atoms with Gasteiger partial charge in [0, 0.05) is 26.4 Å². The van der Waals surface area contributed by atoms with E-state index in [4.69, 9.17) is 40.6 Å². The summed E-state index contributed by atoms with van der Waals surface area (Å²) in [5, 5.41) is 17.3. The van der Waals surface area contributed by atoms with Crippen LogP contribution in [0.4, 0.5) is 0 Å². The molecule has 16 heteroatoms. The van der Waals surface area contributed by atoms with E-state index in [1.165, 1.54) is 15.3 Å². The molecule has 304 valence electrons. The van der Waals surface area contributed by atoms with E-state index in [0.29, 0.717) is 61.8 Å². The van der Waals surface area contributed by atoms with Crippen LogP contribution >= 0.6 is 11.6 Å². The number of carbonyl (C=O) groups excluding carboxylic acids is 2.